The number of aryl methyl sites for hydroxylation is 1. The molecule has 0 aliphatic carbocycles. The molecular formula is C16H13Br3ClN. The first kappa shape index (κ1) is 15.9. The van der Waals surface area contributed by atoms with Crippen LogP contribution < -0.4 is 0 Å². The van der Waals surface area contributed by atoms with Gasteiger partial charge in [0.2, 0.25) is 0 Å². The molecule has 0 spiro atoms. The van der Waals surface area contributed by atoms with Crippen LogP contribution >= 0.6 is 59.4 Å². The number of aromatic nitrogens is 1. The van der Waals surface area contributed by atoms with Gasteiger partial charge in [-0.05, 0) is 62.5 Å². The normalized spacial score (nSPS) is 11.7. The number of unbranched alkanes of at least 4 members (excludes halogenated alkanes) is 1. The fraction of sp³-hybridized carbons (Fsp3) is 0.250. The highest BCUT2D eigenvalue weighted by Gasteiger charge is 2.16. The standard InChI is InChI=1S/C16H13Br3ClN/c1-2-3-4-21-15-11(5-9(17)6-13(15)18)12-7-10(20)8-14(19)16(12)21/h5-8H,2-4H2,1H3. The van der Waals surface area contributed by atoms with Gasteiger partial charge in [0, 0.05) is 35.8 Å². The van der Waals surface area contributed by atoms with Crippen molar-refractivity contribution in [2.45, 2.75) is 26.3 Å². The molecule has 3 rings (SSSR count). The number of nitrogens with zero attached hydrogens (tertiary/aromatic N) is 1. The lowest BCUT2D eigenvalue weighted by atomic mass is 10.1. The highest BCUT2D eigenvalue weighted by molar-refractivity contribution is 9.11. The fourth-order valence-electron chi connectivity index (χ4n) is 2.74. The van der Waals surface area contributed by atoms with E-state index in [4.69, 9.17) is 11.6 Å². The molecular weight excluding hydrogens is 481 g/mol. The molecule has 0 fully saturated rings. The Morgan fingerprint density at radius 3 is 2.24 bits per heavy atom. The Morgan fingerprint density at radius 2 is 1.57 bits per heavy atom. The second-order valence-corrected chi connectivity index (χ2v) is 8.13. The van der Waals surface area contributed by atoms with Crippen LogP contribution in [0.3, 0.4) is 0 Å². The highest BCUT2D eigenvalue weighted by Crippen LogP contribution is 2.40. The second kappa shape index (κ2) is 6.23. The Bertz CT molecular complexity index is 774. The maximum absolute atomic E-state index is 6.25. The summed E-state index contributed by atoms with van der Waals surface area (Å²) in [5.41, 5.74) is 2.44. The first-order valence-electron chi connectivity index (χ1n) is 6.79. The van der Waals surface area contributed by atoms with Crippen LogP contribution in [-0.4, -0.2) is 4.57 Å². The minimum absolute atomic E-state index is 0.750. The van der Waals surface area contributed by atoms with E-state index >= 15 is 0 Å². The zero-order chi connectivity index (χ0) is 15.1. The molecule has 2 aromatic carbocycles. The zero-order valence-corrected chi connectivity index (χ0v) is 16.9. The zero-order valence-electron chi connectivity index (χ0n) is 11.4. The molecule has 0 unspecified atom stereocenters. The fourth-order valence-corrected chi connectivity index (χ4v) is 5.21. The van der Waals surface area contributed by atoms with E-state index in [1.807, 2.05) is 12.1 Å². The molecule has 110 valence electrons. The third-order valence-corrected chi connectivity index (χ3v) is 5.51. The van der Waals surface area contributed by atoms with Gasteiger partial charge in [-0.1, -0.05) is 40.9 Å². The van der Waals surface area contributed by atoms with Crippen LogP contribution in [0.4, 0.5) is 0 Å². The Balaban J connectivity index is 2.49. The molecule has 1 aromatic heterocycles. The minimum Gasteiger partial charge on any atom is -0.339 e. The van der Waals surface area contributed by atoms with Gasteiger partial charge in [-0.2, -0.15) is 0 Å². The summed E-state index contributed by atoms with van der Waals surface area (Å²) in [6, 6.07) is 8.27. The lowest BCUT2D eigenvalue weighted by Gasteiger charge is -2.09. The van der Waals surface area contributed by atoms with Gasteiger partial charge in [0.05, 0.1) is 11.0 Å². The summed E-state index contributed by atoms with van der Waals surface area (Å²) in [6.07, 6.45) is 2.32. The van der Waals surface area contributed by atoms with Gasteiger partial charge in [0.15, 0.2) is 0 Å². The number of hydrogen-bond acceptors (Lipinski definition) is 0. The second-order valence-electron chi connectivity index (χ2n) is 5.07. The minimum atomic E-state index is 0.750. The first-order chi connectivity index (χ1) is 10.0. The molecule has 0 saturated carbocycles. The molecule has 0 aliphatic heterocycles. The van der Waals surface area contributed by atoms with Crippen molar-refractivity contribution >= 4 is 81.2 Å². The topological polar surface area (TPSA) is 4.93 Å². The van der Waals surface area contributed by atoms with Crippen LogP contribution in [0.5, 0.6) is 0 Å². The predicted molar refractivity (Wildman–Crippen MR) is 102 cm³/mol. The van der Waals surface area contributed by atoms with Crippen LogP contribution in [0.15, 0.2) is 37.7 Å². The summed E-state index contributed by atoms with van der Waals surface area (Å²) in [4.78, 5) is 0. The predicted octanol–water partition coefficient (Wildman–Crippen LogP) is 7.54. The molecule has 0 amide bonds. The van der Waals surface area contributed by atoms with E-state index in [0.717, 1.165) is 31.4 Å². The van der Waals surface area contributed by atoms with Crippen molar-refractivity contribution in [3.05, 3.63) is 42.7 Å². The Morgan fingerprint density at radius 1 is 0.952 bits per heavy atom. The van der Waals surface area contributed by atoms with Crippen molar-refractivity contribution < 1.29 is 0 Å². The van der Waals surface area contributed by atoms with Gasteiger partial charge in [-0.25, -0.2) is 0 Å². The maximum Gasteiger partial charge on any atom is 0.0637 e. The van der Waals surface area contributed by atoms with Gasteiger partial charge in [0.25, 0.3) is 0 Å². The molecule has 0 aliphatic rings. The molecule has 21 heavy (non-hydrogen) atoms. The van der Waals surface area contributed by atoms with E-state index in [9.17, 15) is 0 Å². The van der Waals surface area contributed by atoms with Crippen LogP contribution in [0.25, 0.3) is 21.8 Å². The summed E-state index contributed by atoms with van der Waals surface area (Å²) in [7, 11) is 0. The van der Waals surface area contributed by atoms with E-state index in [2.05, 4.69) is 71.4 Å². The van der Waals surface area contributed by atoms with Crippen molar-refractivity contribution in [3.63, 3.8) is 0 Å². The van der Waals surface area contributed by atoms with Crippen molar-refractivity contribution in [3.8, 4) is 0 Å². The molecule has 1 nitrogen and oxygen atoms in total. The molecule has 0 bridgehead atoms. The molecule has 0 atom stereocenters. The highest BCUT2D eigenvalue weighted by atomic mass is 79.9. The third kappa shape index (κ3) is 2.80. The quantitative estimate of drug-likeness (QED) is 0.355. The van der Waals surface area contributed by atoms with E-state index in [1.54, 1.807) is 0 Å². The largest absolute Gasteiger partial charge is 0.339 e. The summed E-state index contributed by atoms with van der Waals surface area (Å²) < 4.78 is 5.58. The van der Waals surface area contributed by atoms with Crippen LogP contribution in [-0.2, 0) is 6.54 Å². The van der Waals surface area contributed by atoms with Gasteiger partial charge in [0.1, 0.15) is 0 Å². The number of benzene rings is 2. The molecule has 1 heterocycles. The number of halogens is 4. The van der Waals surface area contributed by atoms with E-state index < -0.39 is 0 Å². The average Bonchev–Trinajstić information content (AvgIpc) is 2.71. The molecule has 0 radical (unpaired) electrons. The van der Waals surface area contributed by atoms with E-state index in [1.165, 1.54) is 28.2 Å². The van der Waals surface area contributed by atoms with Crippen molar-refractivity contribution in [1.29, 1.82) is 0 Å². The smallest absolute Gasteiger partial charge is 0.0637 e. The Hall–Kier alpha value is -0.0300. The summed E-state index contributed by atoms with van der Waals surface area (Å²) in [5.74, 6) is 0. The van der Waals surface area contributed by atoms with Crippen LogP contribution in [0.1, 0.15) is 19.8 Å². The van der Waals surface area contributed by atoms with Crippen molar-refractivity contribution in [2.75, 3.05) is 0 Å². The lowest BCUT2D eigenvalue weighted by Crippen LogP contribution is -1.98. The third-order valence-electron chi connectivity index (χ3n) is 3.62. The number of rotatable bonds is 3. The molecule has 0 saturated heterocycles. The van der Waals surface area contributed by atoms with Gasteiger partial charge < -0.3 is 4.57 Å². The van der Waals surface area contributed by atoms with E-state index in [0.29, 0.717) is 0 Å². The summed E-state index contributed by atoms with van der Waals surface area (Å²) in [6.45, 7) is 3.21. The van der Waals surface area contributed by atoms with Gasteiger partial charge in [-0.3, -0.25) is 0 Å². The van der Waals surface area contributed by atoms with Gasteiger partial charge >= 0.3 is 0 Å². The Kier molecular flexibility index (Phi) is 4.70. The molecule has 3 aromatic rings. The maximum atomic E-state index is 6.25. The number of hydrogen-bond donors (Lipinski definition) is 0. The summed E-state index contributed by atoms with van der Waals surface area (Å²) in [5, 5.41) is 3.15. The van der Waals surface area contributed by atoms with Crippen LogP contribution in [0.2, 0.25) is 5.02 Å². The lowest BCUT2D eigenvalue weighted by molar-refractivity contribution is 0.664. The van der Waals surface area contributed by atoms with Crippen molar-refractivity contribution in [2.24, 2.45) is 0 Å². The SMILES string of the molecule is CCCCn1c2c(Br)cc(Cl)cc2c2cc(Br)cc(Br)c21. The Labute approximate surface area is 154 Å². The van der Waals surface area contributed by atoms with Gasteiger partial charge in [-0.15, -0.1) is 0 Å². The average molecular weight is 494 g/mol. The van der Waals surface area contributed by atoms with E-state index in [-0.39, 0.29) is 0 Å². The number of fused-ring (bicyclic) bond motifs is 3. The summed E-state index contributed by atoms with van der Waals surface area (Å²) >= 11 is 17.2. The first-order valence-corrected chi connectivity index (χ1v) is 9.54. The van der Waals surface area contributed by atoms with Crippen LogP contribution in [0, 0.1) is 0 Å². The monoisotopic (exact) mass is 491 g/mol. The molecule has 5 heteroatoms. The molecule has 0 N–H and O–H groups in total. The van der Waals surface area contributed by atoms with Crippen molar-refractivity contribution in [1.82, 2.24) is 4.57 Å².